The van der Waals surface area contributed by atoms with Gasteiger partial charge in [0.25, 0.3) is 5.91 Å². The summed E-state index contributed by atoms with van der Waals surface area (Å²) >= 11 is 0. The van der Waals surface area contributed by atoms with Crippen LogP contribution in [0.5, 0.6) is 11.5 Å². The Morgan fingerprint density at radius 3 is 2.38 bits per heavy atom. The van der Waals surface area contributed by atoms with Crippen LogP contribution < -0.4 is 4.74 Å². The molecule has 0 N–H and O–H groups in total. The Kier molecular flexibility index (Phi) is 4.61. The molecular formula is C19H18N2O3. The summed E-state index contributed by atoms with van der Waals surface area (Å²) in [4.78, 5) is 14.0. The van der Waals surface area contributed by atoms with Crippen molar-refractivity contribution in [1.29, 1.82) is 0 Å². The van der Waals surface area contributed by atoms with E-state index in [2.05, 4.69) is 5.16 Å². The molecule has 0 unspecified atom stereocenters. The molecule has 2 aromatic carbocycles. The van der Waals surface area contributed by atoms with E-state index in [0.29, 0.717) is 17.9 Å². The zero-order chi connectivity index (χ0) is 16.9. The lowest BCUT2D eigenvalue weighted by atomic mass is 10.2. The average molecular weight is 322 g/mol. The first kappa shape index (κ1) is 15.8. The Labute approximate surface area is 140 Å². The molecule has 0 saturated carbocycles. The van der Waals surface area contributed by atoms with Crippen LogP contribution in [0.3, 0.4) is 0 Å². The first-order valence-electron chi connectivity index (χ1n) is 7.62. The molecule has 1 heterocycles. The standard InChI is InChI=1S/C19H18N2O3/c1-14-18(12-20-24-14)19(22)21(2)13-15-8-10-17(11-9-15)23-16-6-4-3-5-7-16/h3-12H,13H2,1-2H3. The summed E-state index contributed by atoms with van der Waals surface area (Å²) in [6.45, 7) is 2.22. The van der Waals surface area contributed by atoms with E-state index in [1.807, 2.05) is 54.6 Å². The molecule has 5 nitrogen and oxygen atoms in total. The van der Waals surface area contributed by atoms with Crippen LogP contribution in [0.2, 0.25) is 0 Å². The Balaban J connectivity index is 1.63. The molecule has 0 aliphatic heterocycles. The molecule has 3 rings (SSSR count). The lowest BCUT2D eigenvalue weighted by molar-refractivity contribution is 0.0783. The van der Waals surface area contributed by atoms with Gasteiger partial charge in [-0.2, -0.15) is 0 Å². The van der Waals surface area contributed by atoms with Crippen LogP contribution in [0.25, 0.3) is 0 Å². The number of hydrogen-bond donors (Lipinski definition) is 0. The highest BCUT2D eigenvalue weighted by molar-refractivity contribution is 5.94. The number of rotatable bonds is 5. The summed E-state index contributed by atoms with van der Waals surface area (Å²) in [5.41, 5.74) is 1.50. The van der Waals surface area contributed by atoms with Crippen LogP contribution in [0, 0.1) is 6.92 Å². The fourth-order valence-corrected chi connectivity index (χ4v) is 2.34. The highest BCUT2D eigenvalue weighted by Gasteiger charge is 2.17. The smallest absolute Gasteiger partial charge is 0.259 e. The molecular weight excluding hydrogens is 304 g/mol. The minimum absolute atomic E-state index is 0.113. The fraction of sp³-hybridized carbons (Fsp3) is 0.158. The normalized spacial score (nSPS) is 10.4. The Bertz CT molecular complexity index is 810. The summed E-state index contributed by atoms with van der Waals surface area (Å²) in [7, 11) is 1.75. The van der Waals surface area contributed by atoms with Gasteiger partial charge < -0.3 is 14.2 Å². The second kappa shape index (κ2) is 7.00. The third-order valence-corrected chi connectivity index (χ3v) is 3.65. The number of amides is 1. The molecule has 1 aromatic heterocycles. The van der Waals surface area contributed by atoms with Gasteiger partial charge in [0.2, 0.25) is 0 Å². The average Bonchev–Trinajstić information content (AvgIpc) is 3.03. The van der Waals surface area contributed by atoms with Gasteiger partial charge in [-0.3, -0.25) is 4.79 Å². The molecule has 0 aliphatic rings. The molecule has 0 aliphatic carbocycles. The zero-order valence-corrected chi connectivity index (χ0v) is 13.6. The Morgan fingerprint density at radius 1 is 1.08 bits per heavy atom. The van der Waals surface area contributed by atoms with Gasteiger partial charge in [-0.25, -0.2) is 0 Å². The molecule has 1 amide bonds. The lowest BCUT2D eigenvalue weighted by Crippen LogP contribution is -2.26. The largest absolute Gasteiger partial charge is 0.457 e. The van der Waals surface area contributed by atoms with Crippen molar-refractivity contribution in [3.63, 3.8) is 0 Å². The third-order valence-electron chi connectivity index (χ3n) is 3.65. The third kappa shape index (κ3) is 3.63. The maximum Gasteiger partial charge on any atom is 0.259 e. The number of carbonyl (C=O) groups excluding carboxylic acids is 1. The van der Waals surface area contributed by atoms with Crippen molar-refractivity contribution < 1.29 is 14.1 Å². The predicted molar refractivity (Wildman–Crippen MR) is 90.0 cm³/mol. The molecule has 0 fully saturated rings. The topological polar surface area (TPSA) is 55.6 Å². The number of ether oxygens (including phenoxy) is 1. The van der Waals surface area contributed by atoms with E-state index in [4.69, 9.17) is 9.26 Å². The maximum absolute atomic E-state index is 12.3. The molecule has 122 valence electrons. The summed E-state index contributed by atoms with van der Waals surface area (Å²) in [6.07, 6.45) is 1.45. The molecule has 3 aromatic rings. The minimum atomic E-state index is -0.113. The summed E-state index contributed by atoms with van der Waals surface area (Å²) < 4.78 is 10.7. The molecule has 0 bridgehead atoms. The van der Waals surface area contributed by atoms with Crippen molar-refractivity contribution in [3.05, 3.63) is 77.7 Å². The van der Waals surface area contributed by atoms with Gasteiger partial charge in [0, 0.05) is 13.6 Å². The summed E-state index contributed by atoms with van der Waals surface area (Å²) in [5.74, 6) is 1.96. The molecule has 24 heavy (non-hydrogen) atoms. The van der Waals surface area contributed by atoms with Gasteiger partial charge in [0.1, 0.15) is 22.8 Å². The van der Waals surface area contributed by atoms with Gasteiger partial charge >= 0.3 is 0 Å². The Morgan fingerprint density at radius 2 is 1.75 bits per heavy atom. The molecule has 0 atom stereocenters. The van der Waals surface area contributed by atoms with E-state index in [1.165, 1.54) is 6.20 Å². The second-order valence-electron chi connectivity index (χ2n) is 5.52. The van der Waals surface area contributed by atoms with E-state index >= 15 is 0 Å². The van der Waals surface area contributed by atoms with E-state index in [0.717, 1.165) is 17.1 Å². The van der Waals surface area contributed by atoms with Crippen LogP contribution in [-0.4, -0.2) is 23.0 Å². The highest BCUT2D eigenvalue weighted by atomic mass is 16.5. The quantitative estimate of drug-likeness (QED) is 0.711. The lowest BCUT2D eigenvalue weighted by Gasteiger charge is -2.16. The molecule has 0 spiro atoms. The van der Waals surface area contributed by atoms with Crippen molar-refractivity contribution in [3.8, 4) is 11.5 Å². The van der Waals surface area contributed by atoms with Crippen LogP contribution >= 0.6 is 0 Å². The van der Waals surface area contributed by atoms with Crippen molar-refractivity contribution >= 4 is 5.91 Å². The van der Waals surface area contributed by atoms with Crippen molar-refractivity contribution in [1.82, 2.24) is 10.1 Å². The van der Waals surface area contributed by atoms with Crippen molar-refractivity contribution in [2.45, 2.75) is 13.5 Å². The summed E-state index contributed by atoms with van der Waals surface area (Å²) in [6, 6.07) is 17.3. The van der Waals surface area contributed by atoms with E-state index in [-0.39, 0.29) is 5.91 Å². The number of para-hydroxylation sites is 1. The molecule has 0 radical (unpaired) electrons. The number of hydrogen-bond acceptors (Lipinski definition) is 4. The zero-order valence-electron chi connectivity index (χ0n) is 13.6. The number of nitrogens with zero attached hydrogens (tertiary/aromatic N) is 2. The monoisotopic (exact) mass is 322 g/mol. The first-order valence-corrected chi connectivity index (χ1v) is 7.62. The number of aromatic nitrogens is 1. The number of carbonyl (C=O) groups is 1. The maximum atomic E-state index is 12.3. The van der Waals surface area contributed by atoms with Crippen LogP contribution in [0.4, 0.5) is 0 Å². The van der Waals surface area contributed by atoms with Gasteiger partial charge in [0.15, 0.2) is 0 Å². The minimum Gasteiger partial charge on any atom is -0.457 e. The predicted octanol–water partition coefficient (Wildman–Crippen LogP) is 4.05. The van der Waals surface area contributed by atoms with Gasteiger partial charge in [-0.05, 0) is 36.8 Å². The van der Waals surface area contributed by atoms with Gasteiger partial charge in [-0.15, -0.1) is 0 Å². The number of aryl methyl sites for hydroxylation is 1. The Hall–Kier alpha value is -3.08. The molecule has 0 saturated heterocycles. The van der Waals surface area contributed by atoms with E-state index in [1.54, 1.807) is 18.9 Å². The highest BCUT2D eigenvalue weighted by Crippen LogP contribution is 2.21. The van der Waals surface area contributed by atoms with Crippen molar-refractivity contribution in [2.24, 2.45) is 0 Å². The first-order chi connectivity index (χ1) is 11.6. The van der Waals surface area contributed by atoms with Crippen LogP contribution in [0.15, 0.2) is 65.3 Å². The van der Waals surface area contributed by atoms with Crippen LogP contribution in [-0.2, 0) is 6.54 Å². The van der Waals surface area contributed by atoms with E-state index < -0.39 is 0 Å². The summed E-state index contributed by atoms with van der Waals surface area (Å²) in [5, 5.41) is 3.64. The van der Waals surface area contributed by atoms with Gasteiger partial charge in [0.05, 0.1) is 6.20 Å². The fourth-order valence-electron chi connectivity index (χ4n) is 2.34. The molecule has 5 heteroatoms. The van der Waals surface area contributed by atoms with E-state index in [9.17, 15) is 4.79 Å². The van der Waals surface area contributed by atoms with Gasteiger partial charge in [-0.1, -0.05) is 35.5 Å². The SMILES string of the molecule is Cc1oncc1C(=O)N(C)Cc1ccc(Oc2ccccc2)cc1. The van der Waals surface area contributed by atoms with Crippen LogP contribution in [0.1, 0.15) is 21.7 Å². The second-order valence-corrected chi connectivity index (χ2v) is 5.52. The number of benzene rings is 2. The van der Waals surface area contributed by atoms with Crippen molar-refractivity contribution in [2.75, 3.05) is 7.05 Å².